The number of thiophene rings is 1. The summed E-state index contributed by atoms with van der Waals surface area (Å²) < 4.78 is 1.33. The van der Waals surface area contributed by atoms with Crippen LogP contribution in [0.25, 0.3) is 21.3 Å². The maximum atomic E-state index is 4.33. The van der Waals surface area contributed by atoms with Gasteiger partial charge in [0, 0.05) is 26.4 Å². The molecule has 0 saturated heterocycles. The lowest BCUT2D eigenvalue weighted by Crippen LogP contribution is -1.72. The molecule has 3 aromatic rings. The third-order valence-corrected chi connectivity index (χ3v) is 3.74. The minimum absolute atomic E-state index is 1.09. The number of aromatic nitrogens is 1. The fourth-order valence-corrected chi connectivity index (χ4v) is 3.03. The third-order valence-electron chi connectivity index (χ3n) is 2.19. The zero-order chi connectivity index (χ0) is 9.38. The second-order valence-electron chi connectivity index (χ2n) is 3.02. The van der Waals surface area contributed by atoms with Gasteiger partial charge in [-0.05, 0) is 6.07 Å². The van der Waals surface area contributed by atoms with E-state index in [1.165, 1.54) is 15.6 Å². The number of nitrogens with zero attached hydrogens (tertiary/aromatic N) is 1. The molecule has 0 N–H and O–H groups in total. The van der Waals surface area contributed by atoms with Crippen molar-refractivity contribution in [3.63, 3.8) is 0 Å². The second kappa shape index (κ2) is 3.19. The zero-order valence-corrected chi connectivity index (χ0v) is 8.94. The fraction of sp³-hybridized carbons (Fsp3) is 0. The van der Waals surface area contributed by atoms with Gasteiger partial charge in [-0.3, -0.25) is 0 Å². The van der Waals surface area contributed by atoms with Crippen LogP contribution >= 0.6 is 22.7 Å². The van der Waals surface area contributed by atoms with Crippen molar-refractivity contribution in [3.8, 4) is 11.3 Å². The molecule has 0 atom stereocenters. The molecule has 1 aromatic carbocycles. The lowest BCUT2D eigenvalue weighted by molar-refractivity contribution is 1.43. The minimum Gasteiger partial charge on any atom is -0.245 e. The number of hydrogen-bond acceptors (Lipinski definition) is 3. The average Bonchev–Trinajstić information content (AvgIpc) is 2.85. The van der Waals surface area contributed by atoms with E-state index in [0.29, 0.717) is 0 Å². The molecule has 3 heteroatoms. The Labute approximate surface area is 89.7 Å². The molecule has 0 spiro atoms. The molecule has 0 aliphatic heterocycles. The van der Waals surface area contributed by atoms with Gasteiger partial charge in [-0.2, -0.15) is 0 Å². The van der Waals surface area contributed by atoms with Gasteiger partial charge in [-0.1, -0.05) is 18.2 Å². The highest BCUT2D eigenvalue weighted by molar-refractivity contribution is 7.17. The Hall–Kier alpha value is -1.19. The molecule has 0 aliphatic rings. The largest absolute Gasteiger partial charge is 0.245 e. The van der Waals surface area contributed by atoms with Gasteiger partial charge in [-0.25, -0.2) is 4.98 Å². The molecule has 0 unspecified atom stereocenters. The van der Waals surface area contributed by atoms with Crippen LogP contribution < -0.4 is 0 Å². The predicted octanol–water partition coefficient (Wildman–Crippen LogP) is 4.02. The highest BCUT2D eigenvalue weighted by Crippen LogP contribution is 2.33. The van der Waals surface area contributed by atoms with Crippen LogP contribution in [0.15, 0.2) is 40.5 Å². The van der Waals surface area contributed by atoms with E-state index in [1.807, 2.05) is 5.51 Å². The van der Waals surface area contributed by atoms with E-state index in [1.54, 1.807) is 22.7 Å². The van der Waals surface area contributed by atoms with Gasteiger partial charge in [0.25, 0.3) is 0 Å². The van der Waals surface area contributed by atoms with Crippen molar-refractivity contribution < 1.29 is 0 Å². The molecule has 0 saturated carbocycles. The molecule has 0 radical (unpaired) electrons. The monoisotopic (exact) mass is 217 g/mol. The molecule has 2 aromatic heterocycles. The molecule has 1 nitrogen and oxygen atoms in total. The third kappa shape index (κ3) is 1.17. The van der Waals surface area contributed by atoms with Crippen molar-refractivity contribution in [3.05, 3.63) is 40.5 Å². The van der Waals surface area contributed by atoms with Gasteiger partial charge >= 0.3 is 0 Å². The normalized spacial score (nSPS) is 10.9. The van der Waals surface area contributed by atoms with E-state index in [9.17, 15) is 0 Å². The van der Waals surface area contributed by atoms with E-state index >= 15 is 0 Å². The second-order valence-corrected chi connectivity index (χ2v) is 4.65. The summed E-state index contributed by atoms with van der Waals surface area (Å²) in [6.07, 6.45) is 0. The summed E-state index contributed by atoms with van der Waals surface area (Å²) in [5, 5.41) is 5.58. The van der Waals surface area contributed by atoms with Crippen molar-refractivity contribution in [2.45, 2.75) is 0 Å². The summed E-state index contributed by atoms with van der Waals surface area (Å²) in [5.74, 6) is 0. The molecule has 68 valence electrons. The molecule has 0 amide bonds. The van der Waals surface area contributed by atoms with Gasteiger partial charge < -0.3 is 0 Å². The summed E-state index contributed by atoms with van der Waals surface area (Å²) in [7, 11) is 0. The van der Waals surface area contributed by atoms with Gasteiger partial charge in [0.05, 0.1) is 11.2 Å². The van der Waals surface area contributed by atoms with Crippen molar-refractivity contribution >= 4 is 32.8 Å². The van der Waals surface area contributed by atoms with E-state index in [4.69, 9.17) is 0 Å². The fourth-order valence-electron chi connectivity index (χ4n) is 1.52. The number of rotatable bonds is 1. The summed E-state index contributed by atoms with van der Waals surface area (Å²) in [4.78, 5) is 4.33. The quantitative estimate of drug-likeness (QED) is 0.600. The Bertz CT molecular complexity index is 551. The summed E-state index contributed by atoms with van der Waals surface area (Å²) in [6, 6.07) is 8.45. The van der Waals surface area contributed by atoms with Crippen molar-refractivity contribution in [1.82, 2.24) is 4.98 Å². The smallest absolute Gasteiger partial charge is 0.0825 e. The standard InChI is InChI=1S/C11H7NS2/c1-2-4-11-8(3-1)9(5-14-11)10-6-13-7-12-10/h1-7H. The van der Waals surface area contributed by atoms with Crippen LogP contribution in [-0.4, -0.2) is 4.98 Å². The van der Waals surface area contributed by atoms with Crippen LogP contribution in [0.1, 0.15) is 0 Å². The Morgan fingerprint density at radius 3 is 2.86 bits per heavy atom. The summed E-state index contributed by atoms with van der Waals surface area (Å²) >= 11 is 3.42. The molecule has 0 bridgehead atoms. The molecule has 0 aliphatic carbocycles. The van der Waals surface area contributed by atoms with Crippen LogP contribution in [0.4, 0.5) is 0 Å². The number of thiazole rings is 1. The van der Waals surface area contributed by atoms with E-state index in [0.717, 1.165) is 5.69 Å². The molecular formula is C11H7NS2. The van der Waals surface area contributed by atoms with Crippen LogP contribution in [-0.2, 0) is 0 Å². The van der Waals surface area contributed by atoms with Gasteiger partial charge in [0.2, 0.25) is 0 Å². The Kier molecular flexibility index (Phi) is 1.85. The summed E-state index contributed by atoms with van der Waals surface area (Å²) in [6.45, 7) is 0. The average molecular weight is 217 g/mol. The molecule has 14 heavy (non-hydrogen) atoms. The van der Waals surface area contributed by atoms with E-state index in [2.05, 4.69) is 40.0 Å². The first-order chi connectivity index (χ1) is 6.95. The first-order valence-electron chi connectivity index (χ1n) is 4.30. The molecular weight excluding hydrogens is 210 g/mol. The lowest BCUT2D eigenvalue weighted by atomic mass is 10.1. The SMILES string of the molecule is c1ccc2c(-c3cscn3)csc2c1. The first kappa shape index (κ1) is 8.15. The number of benzene rings is 1. The molecule has 0 fully saturated rings. The Balaban J connectivity index is 2.33. The highest BCUT2D eigenvalue weighted by Gasteiger charge is 2.06. The van der Waals surface area contributed by atoms with Crippen molar-refractivity contribution in [2.24, 2.45) is 0 Å². The lowest BCUT2D eigenvalue weighted by Gasteiger charge is -1.92. The summed E-state index contributed by atoms with van der Waals surface area (Å²) in [5.41, 5.74) is 4.22. The minimum atomic E-state index is 1.09. The molecule has 3 rings (SSSR count). The van der Waals surface area contributed by atoms with Crippen molar-refractivity contribution in [2.75, 3.05) is 0 Å². The first-order valence-corrected chi connectivity index (χ1v) is 6.12. The maximum absolute atomic E-state index is 4.33. The highest BCUT2D eigenvalue weighted by atomic mass is 32.1. The van der Waals surface area contributed by atoms with Crippen LogP contribution in [0.5, 0.6) is 0 Å². The van der Waals surface area contributed by atoms with E-state index < -0.39 is 0 Å². The number of hydrogen-bond donors (Lipinski definition) is 0. The Morgan fingerprint density at radius 1 is 1.07 bits per heavy atom. The Morgan fingerprint density at radius 2 is 2.00 bits per heavy atom. The van der Waals surface area contributed by atoms with Crippen molar-refractivity contribution in [1.29, 1.82) is 0 Å². The van der Waals surface area contributed by atoms with E-state index in [-0.39, 0.29) is 0 Å². The van der Waals surface area contributed by atoms with Gasteiger partial charge in [-0.15, -0.1) is 22.7 Å². The molecule has 2 heterocycles. The maximum Gasteiger partial charge on any atom is 0.0825 e. The number of fused-ring (bicyclic) bond motifs is 1. The van der Waals surface area contributed by atoms with Crippen LogP contribution in [0.2, 0.25) is 0 Å². The predicted molar refractivity (Wildman–Crippen MR) is 62.9 cm³/mol. The van der Waals surface area contributed by atoms with Crippen LogP contribution in [0.3, 0.4) is 0 Å². The van der Waals surface area contributed by atoms with Crippen LogP contribution in [0, 0.1) is 0 Å². The topological polar surface area (TPSA) is 12.9 Å². The zero-order valence-electron chi connectivity index (χ0n) is 7.31. The van der Waals surface area contributed by atoms with Gasteiger partial charge in [0.15, 0.2) is 0 Å². The van der Waals surface area contributed by atoms with Gasteiger partial charge in [0.1, 0.15) is 0 Å².